The summed E-state index contributed by atoms with van der Waals surface area (Å²) in [6.45, 7) is -0.492. The molecule has 5 nitrogen and oxygen atoms in total. The maximum absolute atomic E-state index is 11.2. The number of aliphatic carboxylic acids is 1. The van der Waals surface area contributed by atoms with Crippen LogP contribution in [0.2, 0.25) is 0 Å². The van der Waals surface area contributed by atoms with Gasteiger partial charge in [-0.25, -0.2) is 8.42 Å². The molecule has 14 heavy (non-hydrogen) atoms. The first kappa shape index (κ1) is 11.5. The van der Waals surface area contributed by atoms with Gasteiger partial charge in [-0.15, -0.1) is 0 Å². The van der Waals surface area contributed by atoms with Gasteiger partial charge in [0.2, 0.25) is 0 Å². The lowest BCUT2D eigenvalue weighted by atomic mass is 9.88. The van der Waals surface area contributed by atoms with E-state index in [0.717, 1.165) is 6.26 Å². The van der Waals surface area contributed by atoms with Gasteiger partial charge in [-0.3, -0.25) is 4.79 Å². The Balaban J connectivity index is 2.87. The molecule has 0 amide bonds. The summed E-state index contributed by atoms with van der Waals surface area (Å²) in [5.74, 6) is -1.11. The fourth-order valence-electron chi connectivity index (χ4n) is 1.85. The lowest BCUT2D eigenvalue weighted by Crippen LogP contribution is -2.33. The first-order valence-corrected chi connectivity index (χ1v) is 6.30. The van der Waals surface area contributed by atoms with Crippen LogP contribution in [0.3, 0.4) is 0 Å². The molecule has 0 aromatic rings. The molecule has 2 atom stereocenters. The molecular weight excluding hydrogens is 208 g/mol. The third-order valence-electron chi connectivity index (χ3n) is 2.93. The van der Waals surface area contributed by atoms with E-state index in [4.69, 9.17) is 10.2 Å². The van der Waals surface area contributed by atoms with Crippen molar-refractivity contribution in [2.75, 3.05) is 12.9 Å². The molecule has 0 heterocycles. The monoisotopic (exact) mass is 222 g/mol. The van der Waals surface area contributed by atoms with Gasteiger partial charge in [0, 0.05) is 6.26 Å². The van der Waals surface area contributed by atoms with Crippen LogP contribution >= 0.6 is 0 Å². The van der Waals surface area contributed by atoms with Gasteiger partial charge in [-0.1, -0.05) is 0 Å². The van der Waals surface area contributed by atoms with Gasteiger partial charge in [0.15, 0.2) is 0 Å². The zero-order valence-corrected chi connectivity index (χ0v) is 8.75. The van der Waals surface area contributed by atoms with Gasteiger partial charge < -0.3 is 10.2 Å². The van der Waals surface area contributed by atoms with Crippen LogP contribution in [0.4, 0.5) is 0 Å². The zero-order chi connectivity index (χ0) is 11.0. The Hall–Kier alpha value is -0.620. The summed E-state index contributed by atoms with van der Waals surface area (Å²) in [5.41, 5.74) is -1.24. The molecule has 82 valence electrons. The summed E-state index contributed by atoms with van der Waals surface area (Å²) in [5, 5.41) is 17.3. The standard InChI is InChI=1S/C8H14O5S/c1-14(12,13)6-2-3-8(4-6,5-9)7(10)11/h6,9H,2-5H2,1H3,(H,10,11)/t6-,8-/m1/s1. The Labute approximate surface area is 82.7 Å². The van der Waals surface area contributed by atoms with Crippen molar-refractivity contribution >= 4 is 15.8 Å². The molecule has 0 unspecified atom stereocenters. The average molecular weight is 222 g/mol. The Morgan fingerprint density at radius 1 is 1.57 bits per heavy atom. The van der Waals surface area contributed by atoms with Crippen LogP contribution in [0.1, 0.15) is 19.3 Å². The Morgan fingerprint density at radius 3 is 2.36 bits per heavy atom. The molecule has 0 spiro atoms. The summed E-state index contributed by atoms with van der Waals surface area (Å²) < 4.78 is 22.4. The van der Waals surface area contributed by atoms with E-state index in [2.05, 4.69) is 0 Å². The predicted molar refractivity (Wildman–Crippen MR) is 49.6 cm³/mol. The zero-order valence-electron chi connectivity index (χ0n) is 7.93. The molecule has 1 fully saturated rings. The highest BCUT2D eigenvalue weighted by molar-refractivity contribution is 7.91. The van der Waals surface area contributed by atoms with Crippen molar-refractivity contribution in [1.29, 1.82) is 0 Å². The fraction of sp³-hybridized carbons (Fsp3) is 0.875. The predicted octanol–water partition coefficient (Wildman–Crippen LogP) is -0.353. The number of hydrogen-bond donors (Lipinski definition) is 2. The van der Waals surface area contributed by atoms with Gasteiger partial charge in [-0.05, 0) is 19.3 Å². The van der Waals surface area contributed by atoms with E-state index >= 15 is 0 Å². The summed E-state index contributed by atoms with van der Waals surface area (Å²) in [6, 6.07) is 0. The van der Waals surface area contributed by atoms with E-state index in [1.165, 1.54) is 0 Å². The molecule has 1 saturated carbocycles. The van der Waals surface area contributed by atoms with Crippen molar-refractivity contribution in [2.24, 2.45) is 5.41 Å². The van der Waals surface area contributed by atoms with E-state index in [0.29, 0.717) is 6.42 Å². The molecule has 2 N–H and O–H groups in total. The van der Waals surface area contributed by atoms with Crippen LogP contribution in [0.15, 0.2) is 0 Å². The van der Waals surface area contributed by atoms with Crippen LogP contribution in [0, 0.1) is 5.41 Å². The number of hydrogen-bond acceptors (Lipinski definition) is 4. The Morgan fingerprint density at radius 2 is 2.14 bits per heavy atom. The molecule has 1 aliphatic rings. The smallest absolute Gasteiger partial charge is 0.312 e. The number of rotatable bonds is 3. The molecule has 0 aromatic carbocycles. The Kier molecular flexibility index (Phi) is 2.87. The lowest BCUT2D eigenvalue weighted by molar-refractivity contribution is -0.151. The second kappa shape index (κ2) is 3.51. The first-order valence-electron chi connectivity index (χ1n) is 4.35. The number of aliphatic hydroxyl groups excluding tert-OH is 1. The van der Waals surface area contributed by atoms with Crippen molar-refractivity contribution in [3.05, 3.63) is 0 Å². The maximum atomic E-state index is 11.2. The van der Waals surface area contributed by atoms with Crippen molar-refractivity contribution in [3.8, 4) is 0 Å². The molecule has 0 saturated heterocycles. The second-order valence-electron chi connectivity index (χ2n) is 3.94. The largest absolute Gasteiger partial charge is 0.481 e. The molecule has 6 heteroatoms. The average Bonchev–Trinajstić information content (AvgIpc) is 2.47. The van der Waals surface area contributed by atoms with E-state index in [1.807, 2.05) is 0 Å². The van der Waals surface area contributed by atoms with E-state index in [-0.39, 0.29) is 12.8 Å². The van der Waals surface area contributed by atoms with Gasteiger partial charge in [0.25, 0.3) is 0 Å². The molecule has 0 aromatic heterocycles. The van der Waals surface area contributed by atoms with Gasteiger partial charge in [0.1, 0.15) is 9.84 Å². The minimum absolute atomic E-state index is 0.0255. The van der Waals surface area contributed by atoms with Gasteiger partial charge >= 0.3 is 5.97 Å². The lowest BCUT2D eigenvalue weighted by Gasteiger charge is -2.20. The highest BCUT2D eigenvalue weighted by Crippen LogP contribution is 2.40. The third kappa shape index (κ3) is 1.90. The Bertz CT molecular complexity index is 334. The minimum atomic E-state index is -3.19. The van der Waals surface area contributed by atoms with Crippen LogP contribution in [0.25, 0.3) is 0 Å². The summed E-state index contributed by atoms with van der Waals surface area (Å²) in [4.78, 5) is 10.9. The van der Waals surface area contributed by atoms with Crippen LogP contribution in [0.5, 0.6) is 0 Å². The van der Waals surface area contributed by atoms with Crippen molar-refractivity contribution < 1.29 is 23.4 Å². The number of carbonyl (C=O) groups is 1. The summed E-state index contributed by atoms with van der Waals surface area (Å²) >= 11 is 0. The number of carboxylic acids is 1. The van der Waals surface area contributed by atoms with Crippen LogP contribution in [-0.2, 0) is 14.6 Å². The second-order valence-corrected chi connectivity index (χ2v) is 6.26. The van der Waals surface area contributed by atoms with Crippen LogP contribution in [-0.4, -0.2) is 42.7 Å². The first-order chi connectivity index (χ1) is 6.32. The van der Waals surface area contributed by atoms with E-state index in [9.17, 15) is 13.2 Å². The maximum Gasteiger partial charge on any atom is 0.312 e. The highest BCUT2D eigenvalue weighted by Gasteiger charge is 2.47. The summed E-state index contributed by atoms with van der Waals surface area (Å²) in [7, 11) is -3.19. The molecule has 1 aliphatic carbocycles. The highest BCUT2D eigenvalue weighted by atomic mass is 32.2. The molecule has 1 rings (SSSR count). The molecule has 0 bridgehead atoms. The number of aliphatic hydroxyl groups is 1. The fourth-order valence-corrected chi connectivity index (χ4v) is 3.02. The molecule has 0 radical (unpaired) electrons. The molecular formula is C8H14O5S. The minimum Gasteiger partial charge on any atom is -0.481 e. The summed E-state index contributed by atoms with van der Waals surface area (Å²) in [6.07, 6.45) is 1.69. The number of sulfone groups is 1. The third-order valence-corrected chi connectivity index (χ3v) is 4.54. The van der Waals surface area contributed by atoms with Crippen molar-refractivity contribution in [3.63, 3.8) is 0 Å². The number of carboxylic acid groups (broad SMARTS) is 1. The SMILES string of the molecule is CS(=O)(=O)[C@@H]1CC[C@@](CO)(C(=O)O)C1. The van der Waals surface area contributed by atoms with Gasteiger partial charge in [-0.2, -0.15) is 0 Å². The van der Waals surface area contributed by atoms with Crippen molar-refractivity contribution in [1.82, 2.24) is 0 Å². The molecule has 0 aliphatic heterocycles. The van der Waals surface area contributed by atoms with Crippen molar-refractivity contribution in [2.45, 2.75) is 24.5 Å². The quantitative estimate of drug-likeness (QED) is 0.680. The van der Waals surface area contributed by atoms with Crippen LogP contribution < -0.4 is 0 Å². The van der Waals surface area contributed by atoms with E-state index in [1.54, 1.807) is 0 Å². The topological polar surface area (TPSA) is 91.7 Å². The normalized spacial score (nSPS) is 33.1. The van der Waals surface area contributed by atoms with E-state index < -0.39 is 33.1 Å². The van der Waals surface area contributed by atoms with Gasteiger partial charge in [0.05, 0.1) is 17.3 Å².